The third kappa shape index (κ3) is 4.18. The van der Waals surface area contributed by atoms with Gasteiger partial charge in [-0.1, -0.05) is 0 Å². The monoisotopic (exact) mass is 176 g/mol. The normalized spacial score (nSPS) is 16.1. The standard InChI is InChI=1S/C8H14F2N2/c1-5(9)7(10)6(2)12-8(3,4)11/h11H2,1-4H3/b7-5-,12-6-. The molecule has 4 heteroatoms. The largest absolute Gasteiger partial charge is 0.308 e. The van der Waals surface area contributed by atoms with E-state index in [1.165, 1.54) is 6.92 Å². The predicted octanol–water partition coefficient (Wildman–Crippen LogP) is 2.31. The van der Waals surface area contributed by atoms with Gasteiger partial charge in [-0.2, -0.15) is 0 Å². The smallest absolute Gasteiger partial charge is 0.175 e. The number of hydrogen-bond acceptors (Lipinski definition) is 2. The molecule has 0 amide bonds. The van der Waals surface area contributed by atoms with E-state index < -0.39 is 17.3 Å². The number of nitrogens with zero attached hydrogens (tertiary/aromatic N) is 1. The van der Waals surface area contributed by atoms with Crippen molar-refractivity contribution in [1.82, 2.24) is 0 Å². The Balaban J connectivity index is 4.73. The summed E-state index contributed by atoms with van der Waals surface area (Å²) in [6.07, 6.45) is 0. The molecule has 70 valence electrons. The van der Waals surface area contributed by atoms with Gasteiger partial charge >= 0.3 is 0 Å². The van der Waals surface area contributed by atoms with Crippen LogP contribution in [0.5, 0.6) is 0 Å². The van der Waals surface area contributed by atoms with Crippen molar-refractivity contribution in [3.05, 3.63) is 11.7 Å². The van der Waals surface area contributed by atoms with Gasteiger partial charge in [-0.15, -0.1) is 0 Å². The lowest BCUT2D eigenvalue weighted by Gasteiger charge is -2.13. The Morgan fingerprint density at radius 3 is 1.92 bits per heavy atom. The number of allylic oxidation sites excluding steroid dienone is 2. The summed E-state index contributed by atoms with van der Waals surface area (Å²) in [7, 11) is 0. The summed E-state index contributed by atoms with van der Waals surface area (Å²) >= 11 is 0. The molecule has 0 fully saturated rings. The summed E-state index contributed by atoms with van der Waals surface area (Å²) in [4.78, 5) is 3.75. The van der Waals surface area contributed by atoms with E-state index in [2.05, 4.69) is 4.99 Å². The van der Waals surface area contributed by atoms with Gasteiger partial charge in [0.1, 0.15) is 11.5 Å². The second kappa shape index (κ2) is 3.76. The first-order chi connectivity index (χ1) is 5.24. The SMILES string of the molecule is CC(=N/C(C)(C)N)/C(F)=C(\C)F. The minimum Gasteiger partial charge on any atom is -0.308 e. The fourth-order valence-corrected chi connectivity index (χ4v) is 0.731. The lowest BCUT2D eigenvalue weighted by molar-refractivity contribution is 0.536. The Morgan fingerprint density at radius 2 is 1.67 bits per heavy atom. The Bertz CT molecular complexity index is 220. The molecule has 0 aliphatic heterocycles. The quantitative estimate of drug-likeness (QED) is 0.644. The molecule has 0 aromatic carbocycles. The van der Waals surface area contributed by atoms with Gasteiger partial charge in [0.2, 0.25) is 0 Å². The van der Waals surface area contributed by atoms with Crippen molar-refractivity contribution in [2.45, 2.75) is 33.4 Å². The van der Waals surface area contributed by atoms with Crippen molar-refractivity contribution in [3.8, 4) is 0 Å². The first-order valence-electron chi connectivity index (χ1n) is 3.61. The zero-order valence-electron chi connectivity index (χ0n) is 7.78. The maximum atomic E-state index is 12.8. The van der Waals surface area contributed by atoms with Gasteiger partial charge in [-0.3, -0.25) is 4.99 Å². The van der Waals surface area contributed by atoms with Gasteiger partial charge in [-0.25, -0.2) is 8.78 Å². The number of halogens is 2. The third-order valence-electron chi connectivity index (χ3n) is 1.08. The molecule has 2 N–H and O–H groups in total. The van der Waals surface area contributed by atoms with Crippen LogP contribution in [0, 0.1) is 0 Å². The van der Waals surface area contributed by atoms with Crippen molar-refractivity contribution in [2.75, 3.05) is 0 Å². The molecule has 0 heterocycles. The second-order valence-electron chi connectivity index (χ2n) is 3.20. The predicted molar refractivity (Wildman–Crippen MR) is 46.3 cm³/mol. The molecule has 12 heavy (non-hydrogen) atoms. The molecule has 0 aromatic rings. The van der Waals surface area contributed by atoms with E-state index in [1.54, 1.807) is 13.8 Å². The Kier molecular flexibility index (Phi) is 3.52. The molecular weight excluding hydrogens is 162 g/mol. The van der Waals surface area contributed by atoms with Crippen molar-refractivity contribution in [3.63, 3.8) is 0 Å². The van der Waals surface area contributed by atoms with Gasteiger partial charge in [0.15, 0.2) is 5.83 Å². The van der Waals surface area contributed by atoms with E-state index in [1.807, 2.05) is 0 Å². The van der Waals surface area contributed by atoms with Crippen LogP contribution < -0.4 is 5.73 Å². The highest BCUT2D eigenvalue weighted by molar-refractivity contribution is 5.96. The van der Waals surface area contributed by atoms with Gasteiger partial charge < -0.3 is 5.73 Å². The summed E-state index contributed by atoms with van der Waals surface area (Å²) in [5, 5.41) is 0. The fraction of sp³-hybridized carbons (Fsp3) is 0.625. The molecule has 0 rings (SSSR count). The van der Waals surface area contributed by atoms with E-state index in [0.29, 0.717) is 0 Å². The van der Waals surface area contributed by atoms with Crippen LogP contribution in [0.3, 0.4) is 0 Å². The highest BCUT2D eigenvalue weighted by atomic mass is 19.2. The van der Waals surface area contributed by atoms with Crippen molar-refractivity contribution in [1.29, 1.82) is 0 Å². The molecule has 0 bridgehead atoms. The van der Waals surface area contributed by atoms with Gasteiger partial charge in [-0.05, 0) is 27.7 Å². The Labute approximate surface area is 71.2 Å². The molecular formula is C8H14F2N2. The summed E-state index contributed by atoms with van der Waals surface area (Å²) in [5.74, 6) is -1.81. The molecule has 0 spiro atoms. The summed E-state index contributed by atoms with van der Waals surface area (Å²) in [6, 6.07) is 0. The lowest BCUT2D eigenvalue weighted by atomic mass is 10.2. The maximum Gasteiger partial charge on any atom is 0.175 e. The molecule has 0 aliphatic rings. The fourth-order valence-electron chi connectivity index (χ4n) is 0.731. The van der Waals surface area contributed by atoms with Crippen LogP contribution in [0.2, 0.25) is 0 Å². The first kappa shape index (κ1) is 11.2. The van der Waals surface area contributed by atoms with Gasteiger partial charge in [0.05, 0.1) is 5.71 Å². The topological polar surface area (TPSA) is 38.4 Å². The van der Waals surface area contributed by atoms with E-state index >= 15 is 0 Å². The molecule has 0 saturated heterocycles. The van der Waals surface area contributed by atoms with E-state index in [-0.39, 0.29) is 5.71 Å². The van der Waals surface area contributed by atoms with Crippen LogP contribution in [0.25, 0.3) is 0 Å². The minimum absolute atomic E-state index is 0.0116. The number of aliphatic imine (C=N–C) groups is 1. The lowest BCUT2D eigenvalue weighted by Crippen LogP contribution is -2.30. The maximum absolute atomic E-state index is 12.8. The molecule has 0 aliphatic carbocycles. The molecule has 0 aromatic heterocycles. The van der Waals surface area contributed by atoms with Gasteiger partial charge in [0.25, 0.3) is 0 Å². The Morgan fingerprint density at radius 1 is 1.25 bits per heavy atom. The second-order valence-corrected chi connectivity index (χ2v) is 3.20. The zero-order chi connectivity index (χ0) is 9.94. The van der Waals surface area contributed by atoms with Crippen LogP contribution >= 0.6 is 0 Å². The van der Waals surface area contributed by atoms with Crippen LogP contribution in [0.4, 0.5) is 8.78 Å². The van der Waals surface area contributed by atoms with E-state index in [4.69, 9.17) is 5.73 Å². The molecule has 2 nitrogen and oxygen atoms in total. The first-order valence-corrected chi connectivity index (χ1v) is 3.61. The average molecular weight is 176 g/mol. The number of nitrogens with two attached hydrogens (primary N) is 1. The van der Waals surface area contributed by atoms with Gasteiger partial charge in [0, 0.05) is 0 Å². The van der Waals surface area contributed by atoms with Crippen LogP contribution in [0.15, 0.2) is 16.6 Å². The van der Waals surface area contributed by atoms with E-state index in [9.17, 15) is 8.78 Å². The highest BCUT2D eigenvalue weighted by Crippen LogP contribution is 2.11. The summed E-state index contributed by atoms with van der Waals surface area (Å²) < 4.78 is 25.1. The van der Waals surface area contributed by atoms with Crippen molar-refractivity contribution >= 4 is 5.71 Å². The van der Waals surface area contributed by atoms with E-state index in [0.717, 1.165) is 6.92 Å². The van der Waals surface area contributed by atoms with Crippen LogP contribution in [-0.2, 0) is 0 Å². The van der Waals surface area contributed by atoms with Crippen molar-refractivity contribution < 1.29 is 8.78 Å². The van der Waals surface area contributed by atoms with Crippen LogP contribution in [-0.4, -0.2) is 11.4 Å². The zero-order valence-corrected chi connectivity index (χ0v) is 7.78. The average Bonchev–Trinajstić information content (AvgIpc) is 1.82. The molecule has 0 unspecified atom stereocenters. The number of rotatable bonds is 2. The molecule has 0 saturated carbocycles. The van der Waals surface area contributed by atoms with Crippen LogP contribution in [0.1, 0.15) is 27.7 Å². The number of hydrogen-bond donors (Lipinski definition) is 1. The summed E-state index contributed by atoms with van der Waals surface area (Å²) in [6.45, 7) is 5.64. The molecule has 0 radical (unpaired) electrons. The molecule has 0 atom stereocenters. The minimum atomic E-state index is -0.937. The van der Waals surface area contributed by atoms with Crippen molar-refractivity contribution in [2.24, 2.45) is 10.7 Å². The third-order valence-corrected chi connectivity index (χ3v) is 1.08. The summed E-state index contributed by atoms with van der Waals surface area (Å²) in [5.41, 5.74) is 4.60. The Hall–Kier alpha value is -0.770. The highest BCUT2D eigenvalue weighted by Gasteiger charge is 2.11.